The molecular formula is C22H24ClN5O2. The summed E-state index contributed by atoms with van der Waals surface area (Å²) in [6.45, 7) is 3.58. The summed E-state index contributed by atoms with van der Waals surface area (Å²) in [7, 11) is 3.32. The van der Waals surface area contributed by atoms with Crippen LogP contribution in [0.1, 0.15) is 0 Å². The van der Waals surface area contributed by atoms with Crippen LogP contribution in [0.5, 0.6) is 11.5 Å². The maximum absolute atomic E-state index is 5.45. The lowest BCUT2D eigenvalue weighted by Gasteiger charge is -2.37. The van der Waals surface area contributed by atoms with E-state index in [4.69, 9.17) is 9.47 Å². The smallest absolute Gasteiger partial charge is 0.162 e. The molecule has 4 aromatic rings. The van der Waals surface area contributed by atoms with Crippen LogP contribution < -0.4 is 19.3 Å². The van der Waals surface area contributed by atoms with E-state index in [2.05, 4.69) is 43.0 Å². The van der Waals surface area contributed by atoms with Crippen molar-refractivity contribution in [3.63, 3.8) is 0 Å². The summed E-state index contributed by atoms with van der Waals surface area (Å²) in [5.41, 5.74) is 4.22. The fourth-order valence-electron chi connectivity index (χ4n) is 4.07. The first kappa shape index (κ1) is 20.1. The molecule has 2 aromatic heterocycles. The molecule has 1 fully saturated rings. The van der Waals surface area contributed by atoms with E-state index < -0.39 is 0 Å². The lowest BCUT2D eigenvalue weighted by Crippen LogP contribution is -2.47. The minimum Gasteiger partial charge on any atom is -0.493 e. The zero-order valence-corrected chi connectivity index (χ0v) is 17.8. The molecule has 0 saturated carbocycles. The van der Waals surface area contributed by atoms with E-state index >= 15 is 0 Å². The summed E-state index contributed by atoms with van der Waals surface area (Å²) in [5, 5.41) is 1.13. The number of fused-ring (bicyclic) bond motifs is 3. The molecule has 2 aromatic carbocycles. The lowest BCUT2D eigenvalue weighted by atomic mass is 10.2. The predicted molar refractivity (Wildman–Crippen MR) is 123 cm³/mol. The number of aromatic nitrogens is 3. The van der Waals surface area contributed by atoms with E-state index in [1.165, 1.54) is 0 Å². The van der Waals surface area contributed by atoms with Crippen LogP contribution in [-0.4, -0.2) is 55.4 Å². The first-order valence-electron chi connectivity index (χ1n) is 9.72. The van der Waals surface area contributed by atoms with Crippen LogP contribution in [0.25, 0.3) is 21.9 Å². The number of aromatic amines is 1. The summed E-state index contributed by atoms with van der Waals surface area (Å²) in [4.78, 5) is 17.3. The normalized spacial score (nSPS) is 14.1. The number of para-hydroxylation sites is 1. The zero-order chi connectivity index (χ0) is 19.8. The van der Waals surface area contributed by atoms with Crippen LogP contribution in [0.4, 0.5) is 11.5 Å². The SMILES string of the molecule is COc1ccc(N2CCN(c3ncnc4c3[nH]c3ccccc34)CC2)cc1OC.Cl. The zero-order valence-electron chi connectivity index (χ0n) is 17.0. The Balaban J connectivity index is 0.00000218. The number of anilines is 2. The molecule has 0 spiro atoms. The maximum atomic E-state index is 5.45. The van der Waals surface area contributed by atoms with Crippen molar-refractivity contribution in [3.8, 4) is 11.5 Å². The predicted octanol–water partition coefficient (Wildman–Crippen LogP) is 3.88. The van der Waals surface area contributed by atoms with E-state index in [-0.39, 0.29) is 12.4 Å². The number of H-pyrrole nitrogens is 1. The number of ether oxygens (including phenoxy) is 2. The van der Waals surface area contributed by atoms with Crippen LogP contribution in [0, 0.1) is 0 Å². The largest absolute Gasteiger partial charge is 0.493 e. The van der Waals surface area contributed by atoms with Gasteiger partial charge in [-0.2, -0.15) is 0 Å². The second kappa shape index (κ2) is 8.28. The van der Waals surface area contributed by atoms with Crippen molar-refractivity contribution in [1.29, 1.82) is 0 Å². The van der Waals surface area contributed by atoms with E-state index in [0.29, 0.717) is 0 Å². The van der Waals surface area contributed by atoms with Crippen molar-refractivity contribution in [2.45, 2.75) is 0 Å². The summed E-state index contributed by atoms with van der Waals surface area (Å²) in [6.07, 6.45) is 1.67. The lowest BCUT2D eigenvalue weighted by molar-refractivity contribution is 0.355. The number of halogens is 1. The molecule has 0 bridgehead atoms. The van der Waals surface area contributed by atoms with Crippen molar-refractivity contribution in [3.05, 3.63) is 48.8 Å². The highest BCUT2D eigenvalue weighted by Gasteiger charge is 2.22. The number of hydrogen-bond acceptors (Lipinski definition) is 6. The van der Waals surface area contributed by atoms with Gasteiger partial charge in [0.05, 0.1) is 14.2 Å². The minimum atomic E-state index is 0. The molecule has 0 aliphatic carbocycles. The number of rotatable bonds is 4. The Morgan fingerprint density at radius 1 is 0.867 bits per heavy atom. The van der Waals surface area contributed by atoms with Crippen molar-refractivity contribution in [1.82, 2.24) is 15.0 Å². The molecule has 7 nitrogen and oxygen atoms in total. The first-order valence-corrected chi connectivity index (χ1v) is 9.72. The molecule has 1 aliphatic rings. The van der Waals surface area contributed by atoms with E-state index in [1.807, 2.05) is 24.3 Å². The van der Waals surface area contributed by atoms with Gasteiger partial charge in [0.25, 0.3) is 0 Å². The van der Waals surface area contributed by atoms with Gasteiger partial charge in [-0.3, -0.25) is 0 Å². The van der Waals surface area contributed by atoms with Gasteiger partial charge >= 0.3 is 0 Å². The molecule has 1 saturated heterocycles. The quantitative estimate of drug-likeness (QED) is 0.535. The Bertz CT molecular complexity index is 1170. The summed E-state index contributed by atoms with van der Waals surface area (Å²) < 4.78 is 10.8. The fourth-order valence-corrected chi connectivity index (χ4v) is 4.07. The number of methoxy groups -OCH3 is 2. The standard InChI is InChI=1S/C22H23N5O2.ClH/c1-28-18-8-7-15(13-19(18)29-2)26-9-11-27(12-10-26)22-21-20(23-14-24-22)16-5-3-4-6-17(16)25-21;/h3-8,13-14,25H,9-12H2,1-2H3;1H. The molecule has 1 N–H and O–H groups in total. The van der Waals surface area contributed by atoms with Crippen LogP contribution in [0.3, 0.4) is 0 Å². The Labute approximate surface area is 181 Å². The molecule has 156 valence electrons. The summed E-state index contributed by atoms with van der Waals surface area (Å²) >= 11 is 0. The third-order valence-corrected chi connectivity index (χ3v) is 5.58. The fraction of sp³-hybridized carbons (Fsp3) is 0.273. The van der Waals surface area contributed by atoms with E-state index in [9.17, 15) is 0 Å². The number of hydrogen-bond donors (Lipinski definition) is 1. The Hall–Kier alpha value is -3.19. The molecular weight excluding hydrogens is 402 g/mol. The van der Waals surface area contributed by atoms with Crippen molar-refractivity contribution < 1.29 is 9.47 Å². The second-order valence-corrected chi connectivity index (χ2v) is 7.10. The van der Waals surface area contributed by atoms with Gasteiger partial charge in [-0.15, -0.1) is 12.4 Å². The van der Waals surface area contributed by atoms with Gasteiger partial charge in [0.2, 0.25) is 0 Å². The average molecular weight is 426 g/mol. The highest BCUT2D eigenvalue weighted by Crippen LogP contribution is 2.33. The second-order valence-electron chi connectivity index (χ2n) is 7.10. The van der Waals surface area contributed by atoms with Crippen LogP contribution >= 0.6 is 12.4 Å². The molecule has 5 rings (SSSR count). The highest BCUT2D eigenvalue weighted by atomic mass is 35.5. The molecule has 30 heavy (non-hydrogen) atoms. The van der Waals surface area contributed by atoms with Crippen molar-refractivity contribution in [2.75, 3.05) is 50.2 Å². The van der Waals surface area contributed by atoms with Gasteiger partial charge in [-0.1, -0.05) is 18.2 Å². The number of piperazine rings is 1. The first-order chi connectivity index (χ1) is 14.3. The van der Waals surface area contributed by atoms with Crippen LogP contribution in [-0.2, 0) is 0 Å². The van der Waals surface area contributed by atoms with Gasteiger partial charge in [0.15, 0.2) is 17.3 Å². The van der Waals surface area contributed by atoms with E-state index in [1.54, 1.807) is 20.5 Å². The molecule has 8 heteroatoms. The van der Waals surface area contributed by atoms with Crippen LogP contribution in [0.15, 0.2) is 48.8 Å². The highest BCUT2D eigenvalue weighted by molar-refractivity contribution is 6.08. The Kier molecular flexibility index (Phi) is 5.55. The molecule has 0 unspecified atom stereocenters. The summed E-state index contributed by atoms with van der Waals surface area (Å²) in [5.74, 6) is 2.47. The average Bonchev–Trinajstić information content (AvgIpc) is 3.17. The molecule has 0 atom stereocenters. The maximum Gasteiger partial charge on any atom is 0.162 e. The third kappa shape index (κ3) is 3.35. The van der Waals surface area contributed by atoms with Gasteiger partial charge in [-0.25, -0.2) is 9.97 Å². The van der Waals surface area contributed by atoms with Crippen LogP contribution in [0.2, 0.25) is 0 Å². The third-order valence-electron chi connectivity index (χ3n) is 5.58. The minimum absolute atomic E-state index is 0. The molecule has 3 heterocycles. The topological polar surface area (TPSA) is 66.5 Å². The van der Waals surface area contributed by atoms with Gasteiger partial charge in [-0.05, 0) is 18.2 Å². The van der Waals surface area contributed by atoms with Gasteiger partial charge in [0, 0.05) is 48.8 Å². The summed E-state index contributed by atoms with van der Waals surface area (Å²) in [6, 6.07) is 14.3. The van der Waals surface area contributed by atoms with Crippen molar-refractivity contribution >= 4 is 45.8 Å². The number of nitrogens with one attached hydrogen (secondary N) is 1. The molecule has 1 aliphatic heterocycles. The van der Waals surface area contributed by atoms with Crippen molar-refractivity contribution in [2.24, 2.45) is 0 Å². The number of benzene rings is 2. The Morgan fingerprint density at radius 2 is 1.60 bits per heavy atom. The molecule has 0 radical (unpaired) electrons. The van der Waals surface area contributed by atoms with E-state index in [0.717, 1.165) is 71.1 Å². The molecule has 0 amide bonds. The Morgan fingerprint density at radius 3 is 2.37 bits per heavy atom. The monoisotopic (exact) mass is 425 g/mol. The number of nitrogens with zero attached hydrogens (tertiary/aromatic N) is 4. The van der Waals surface area contributed by atoms with Gasteiger partial charge in [0.1, 0.15) is 17.4 Å². The van der Waals surface area contributed by atoms with Gasteiger partial charge < -0.3 is 24.3 Å².